The lowest BCUT2D eigenvalue weighted by molar-refractivity contribution is -0.227. The summed E-state index contributed by atoms with van der Waals surface area (Å²) >= 11 is 0. The number of nitrogens with zero attached hydrogens (tertiary/aromatic N) is 3. The average molecular weight is 233 g/mol. The molecular weight excluding hydrogens is 222 g/mol. The predicted molar refractivity (Wildman–Crippen MR) is 47.8 cm³/mol. The van der Waals surface area contributed by atoms with Gasteiger partial charge in [0.1, 0.15) is 18.3 Å². The number of aliphatic hydroxyl groups is 3. The Morgan fingerprint density at radius 1 is 1.38 bits per heavy atom. The minimum Gasteiger partial charge on any atom is -0.467 e. The molecule has 3 N–H and O–H groups in total. The van der Waals surface area contributed by atoms with E-state index < -0.39 is 36.6 Å². The standard InChI is InChI=1S/C7H11N3O6/c1-15-7(14)5-3(12)2(11)4(13)6(16-5)9-10-8/h2-6,11-13H,1H3/t2-,3-,4+,5-,6+/m0/s1. The zero-order chi connectivity index (χ0) is 12.3. The zero-order valence-electron chi connectivity index (χ0n) is 8.29. The summed E-state index contributed by atoms with van der Waals surface area (Å²) in [6.07, 6.45) is -7.86. The fourth-order valence-electron chi connectivity index (χ4n) is 1.32. The molecule has 1 heterocycles. The Bertz CT molecular complexity index is 317. The number of ether oxygens (including phenoxy) is 2. The van der Waals surface area contributed by atoms with Crippen molar-refractivity contribution in [1.29, 1.82) is 0 Å². The van der Waals surface area contributed by atoms with Gasteiger partial charge >= 0.3 is 5.97 Å². The first kappa shape index (κ1) is 12.7. The molecule has 0 aliphatic carbocycles. The Hall–Kier alpha value is -1.38. The monoisotopic (exact) mass is 233 g/mol. The van der Waals surface area contributed by atoms with Gasteiger partial charge in [-0.15, -0.1) is 0 Å². The van der Waals surface area contributed by atoms with E-state index in [1.54, 1.807) is 0 Å². The third-order valence-corrected chi connectivity index (χ3v) is 2.19. The molecule has 0 aromatic rings. The van der Waals surface area contributed by atoms with E-state index in [0.29, 0.717) is 0 Å². The van der Waals surface area contributed by atoms with Crippen LogP contribution in [0, 0.1) is 0 Å². The molecule has 1 saturated heterocycles. The summed E-state index contributed by atoms with van der Waals surface area (Å²) in [5, 5.41) is 31.2. The number of carbonyl (C=O) groups excluding carboxylic acids is 1. The highest BCUT2D eigenvalue weighted by Gasteiger charge is 2.46. The summed E-state index contributed by atoms with van der Waals surface area (Å²) < 4.78 is 9.14. The SMILES string of the molecule is COC(=O)[C@H]1O[C@@H](N=[N+]=[N-])[C@H](O)[C@@H](O)[C@@H]1O. The second-order valence-corrected chi connectivity index (χ2v) is 3.15. The van der Waals surface area contributed by atoms with Crippen molar-refractivity contribution in [3.63, 3.8) is 0 Å². The van der Waals surface area contributed by atoms with Crippen LogP contribution in [0.5, 0.6) is 0 Å². The Labute approximate surface area is 89.8 Å². The zero-order valence-corrected chi connectivity index (χ0v) is 8.29. The van der Waals surface area contributed by atoms with E-state index in [4.69, 9.17) is 10.3 Å². The molecule has 1 aliphatic rings. The van der Waals surface area contributed by atoms with Crippen LogP contribution in [0.4, 0.5) is 0 Å². The number of rotatable bonds is 2. The van der Waals surface area contributed by atoms with E-state index in [9.17, 15) is 20.1 Å². The Morgan fingerprint density at radius 3 is 2.50 bits per heavy atom. The van der Waals surface area contributed by atoms with Crippen molar-refractivity contribution in [2.24, 2.45) is 5.11 Å². The quantitative estimate of drug-likeness (QED) is 0.224. The molecule has 0 radical (unpaired) electrons. The smallest absolute Gasteiger partial charge is 0.337 e. The molecule has 16 heavy (non-hydrogen) atoms. The number of aliphatic hydroxyl groups excluding tert-OH is 3. The van der Waals surface area contributed by atoms with Gasteiger partial charge in [-0.2, -0.15) is 0 Å². The number of carbonyl (C=O) groups is 1. The van der Waals surface area contributed by atoms with Gasteiger partial charge in [-0.25, -0.2) is 4.79 Å². The van der Waals surface area contributed by atoms with Crippen LogP contribution in [0.25, 0.3) is 10.4 Å². The first-order valence-electron chi connectivity index (χ1n) is 4.34. The van der Waals surface area contributed by atoms with Crippen LogP contribution in [0.3, 0.4) is 0 Å². The van der Waals surface area contributed by atoms with E-state index in [0.717, 1.165) is 7.11 Å². The molecule has 0 saturated carbocycles. The first-order valence-corrected chi connectivity index (χ1v) is 4.34. The average Bonchev–Trinajstić information content (AvgIpc) is 2.29. The number of hydrogen-bond acceptors (Lipinski definition) is 7. The van der Waals surface area contributed by atoms with Crippen LogP contribution in [0.2, 0.25) is 0 Å². The second-order valence-electron chi connectivity index (χ2n) is 3.15. The van der Waals surface area contributed by atoms with Gasteiger partial charge in [0, 0.05) is 4.91 Å². The molecule has 0 aromatic carbocycles. The molecule has 0 spiro atoms. The van der Waals surface area contributed by atoms with Crippen molar-refractivity contribution in [1.82, 2.24) is 0 Å². The van der Waals surface area contributed by atoms with Crippen molar-refractivity contribution in [2.45, 2.75) is 30.6 Å². The predicted octanol–water partition coefficient (Wildman–Crippen LogP) is -1.72. The fraction of sp³-hybridized carbons (Fsp3) is 0.857. The van der Waals surface area contributed by atoms with Gasteiger partial charge in [0.25, 0.3) is 0 Å². The molecule has 0 aromatic heterocycles. The van der Waals surface area contributed by atoms with Crippen molar-refractivity contribution in [3.8, 4) is 0 Å². The third kappa shape index (κ3) is 2.23. The van der Waals surface area contributed by atoms with Crippen molar-refractivity contribution in [2.75, 3.05) is 7.11 Å². The minimum atomic E-state index is -1.66. The molecule has 0 amide bonds. The highest BCUT2D eigenvalue weighted by Crippen LogP contribution is 2.22. The van der Waals surface area contributed by atoms with Crippen molar-refractivity contribution >= 4 is 5.97 Å². The van der Waals surface area contributed by atoms with Gasteiger partial charge in [-0.05, 0) is 5.53 Å². The first-order chi connectivity index (χ1) is 7.52. The molecule has 1 rings (SSSR count). The summed E-state index contributed by atoms with van der Waals surface area (Å²) in [6, 6.07) is 0. The molecule has 9 heteroatoms. The molecule has 5 atom stereocenters. The second kappa shape index (κ2) is 5.10. The van der Waals surface area contributed by atoms with E-state index in [-0.39, 0.29) is 0 Å². The summed E-state index contributed by atoms with van der Waals surface area (Å²) in [7, 11) is 1.07. The number of hydrogen-bond donors (Lipinski definition) is 3. The molecule has 1 aliphatic heterocycles. The Kier molecular flexibility index (Phi) is 4.05. The van der Waals surface area contributed by atoms with Gasteiger partial charge in [-0.3, -0.25) is 0 Å². The van der Waals surface area contributed by atoms with Gasteiger partial charge < -0.3 is 24.8 Å². The van der Waals surface area contributed by atoms with Gasteiger partial charge in [0.2, 0.25) is 0 Å². The lowest BCUT2D eigenvalue weighted by atomic mass is 9.98. The number of methoxy groups -OCH3 is 1. The van der Waals surface area contributed by atoms with Crippen LogP contribution in [-0.4, -0.2) is 59.0 Å². The van der Waals surface area contributed by atoms with Crippen LogP contribution < -0.4 is 0 Å². The maximum absolute atomic E-state index is 11.1. The minimum absolute atomic E-state index is 0.934. The molecule has 9 nitrogen and oxygen atoms in total. The molecule has 0 unspecified atom stereocenters. The maximum atomic E-state index is 11.1. The summed E-state index contributed by atoms with van der Waals surface area (Å²) in [6.45, 7) is 0. The van der Waals surface area contributed by atoms with Gasteiger partial charge in [-0.1, -0.05) is 5.11 Å². The normalized spacial score (nSPS) is 38.6. The maximum Gasteiger partial charge on any atom is 0.337 e. The Morgan fingerprint density at radius 2 is 2.00 bits per heavy atom. The van der Waals surface area contributed by atoms with E-state index in [1.807, 2.05) is 0 Å². The lowest BCUT2D eigenvalue weighted by Crippen LogP contribution is -2.59. The van der Waals surface area contributed by atoms with Crippen LogP contribution in [-0.2, 0) is 14.3 Å². The number of azide groups is 1. The molecule has 1 fully saturated rings. The molecule has 0 bridgehead atoms. The van der Waals surface area contributed by atoms with Gasteiger partial charge in [0.05, 0.1) is 7.11 Å². The molecular formula is C7H11N3O6. The van der Waals surface area contributed by atoms with Crippen LogP contribution in [0.15, 0.2) is 5.11 Å². The van der Waals surface area contributed by atoms with E-state index in [1.165, 1.54) is 0 Å². The number of esters is 1. The van der Waals surface area contributed by atoms with Crippen molar-refractivity contribution < 1.29 is 29.6 Å². The largest absolute Gasteiger partial charge is 0.467 e. The lowest BCUT2D eigenvalue weighted by Gasteiger charge is -2.37. The highest BCUT2D eigenvalue weighted by molar-refractivity contribution is 5.75. The van der Waals surface area contributed by atoms with Crippen LogP contribution >= 0.6 is 0 Å². The van der Waals surface area contributed by atoms with Crippen molar-refractivity contribution in [3.05, 3.63) is 10.4 Å². The fourth-order valence-corrected chi connectivity index (χ4v) is 1.32. The van der Waals surface area contributed by atoms with Crippen LogP contribution in [0.1, 0.15) is 0 Å². The van der Waals surface area contributed by atoms with Gasteiger partial charge in [0.15, 0.2) is 12.3 Å². The highest BCUT2D eigenvalue weighted by atomic mass is 16.6. The van der Waals surface area contributed by atoms with E-state index in [2.05, 4.69) is 14.8 Å². The molecule has 90 valence electrons. The Balaban J connectivity index is 2.88. The summed E-state index contributed by atoms with van der Waals surface area (Å²) in [5.41, 5.74) is 8.18. The summed E-state index contributed by atoms with van der Waals surface area (Å²) in [5.74, 6) is -0.934. The topological polar surface area (TPSA) is 145 Å². The van der Waals surface area contributed by atoms with E-state index >= 15 is 0 Å². The summed E-state index contributed by atoms with van der Waals surface area (Å²) in [4.78, 5) is 13.5. The third-order valence-electron chi connectivity index (χ3n) is 2.19.